The Bertz CT molecular complexity index is 1160. The van der Waals surface area contributed by atoms with Gasteiger partial charge in [0.05, 0.1) is 48.6 Å². The highest BCUT2D eigenvalue weighted by molar-refractivity contribution is 6.10. The van der Waals surface area contributed by atoms with Crippen molar-refractivity contribution in [1.29, 1.82) is 0 Å². The van der Waals surface area contributed by atoms with Gasteiger partial charge in [-0.15, -0.1) is 0 Å². The Kier molecular flexibility index (Phi) is 5.49. The minimum Gasteiger partial charge on any atom is -0.491 e. The lowest BCUT2D eigenvalue weighted by molar-refractivity contribution is -0.142. The van der Waals surface area contributed by atoms with Gasteiger partial charge in [0, 0.05) is 18.0 Å². The van der Waals surface area contributed by atoms with E-state index in [1.54, 1.807) is 31.3 Å². The lowest BCUT2D eigenvalue weighted by Crippen LogP contribution is -2.26. The number of nitrogens with zero attached hydrogens (tertiary/aromatic N) is 5. The largest absolute Gasteiger partial charge is 0.491 e. The van der Waals surface area contributed by atoms with Crippen LogP contribution in [0, 0.1) is 0 Å². The van der Waals surface area contributed by atoms with Crippen LogP contribution in [0.5, 0.6) is 11.6 Å². The fourth-order valence-electron chi connectivity index (χ4n) is 3.61. The normalized spacial score (nSPS) is 15.8. The van der Waals surface area contributed by atoms with Crippen molar-refractivity contribution >= 4 is 11.6 Å². The number of hydrogen-bond acceptors (Lipinski definition) is 6. The molecule has 168 valence electrons. The van der Waals surface area contributed by atoms with Crippen LogP contribution in [0.3, 0.4) is 0 Å². The first kappa shape index (κ1) is 21.6. The second-order valence-electron chi connectivity index (χ2n) is 7.16. The number of methoxy groups -OCH3 is 1. The van der Waals surface area contributed by atoms with Gasteiger partial charge in [-0.05, 0) is 32.0 Å². The van der Waals surface area contributed by atoms with Crippen LogP contribution in [0.1, 0.15) is 35.9 Å². The zero-order chi connectivity index (χ0) is 23.0. The monoisotopic (exact) mass is 447 g/mol. The Morgan fingerprint density at radius 3 is 2.69 bits per heavy atom. The van der Waals surface area contributed by atoms with E-state index in [0.29, 0.717) is 40.8 Å². The molecule has 0 saturated carbocycles. The van der Waals surface area contributed by atoms with Gasteiger partial charge in [-0.1, -0.05) is 0 Å². The second-order valence-corrected chi connectivity index (χ2v) is 7.16. The van der Waals surface area contributed by atoms with Crippen molar-refractivity contribution in [2.45, 2.75) is 32.6 Å². The molecule has 1 atom stereocenters. The topological polar surface area (TPSA) is 82.4 Å². The maximum absolute atomic E-state index is 12.9. The molecule has 0 aromatic carbocycles. The van der Waals surface area contributed by atoms with Gasteiger partial charge in [-0.25, -0.2) is 9.97 Å². The Morgan fingerprint density at radius 1 is 1.22 bits per heavy atom. The minimum atomic E-state index is -4.41. The number of anilines is 1. The number of amides is 1. The number of hydrogen-bond donors (Lipinski definition) is 0. The van der Waals surface area contributed by atoms with Gasteiger partial charge in [0.25, 0.3) is 11.8 Å². The van der Waals surface area contributed by atoms with Crippen LogP contribution in [0.4, 0.5) is 18.9 Å². The summed E-state index contributed by atoms with van der Waals surface area (Å²) in [4.78, 5) is 23.2. The van der Waals surface area contributed by atoms with Crippen LogP contribution < -0.4 is 14.4 Å². The maximum atomic E-state index is 12.9. The minimum absolute atomic E-state index is 0.274. The summed E-state index contributed by atoms with van der Waals surface area (Å²) in [6.45, 7) is 2.81. The maximum Gasteiger partial charge on any atom is 0.408 e. The molecule has 0 N–H and O–H groups in total. The molecule has 8 nitrogen and oxygen atoms in total. The summed E-state index contributed by atoms with van der Waals surface area (Å²) in [5.74, 6) is 0.473. The molecule has 0 aliphatic carbocycles. The Labute approximate surface area is 181 Å². The number of ether oxygens (including phenoxy) is 2. The predicted molar refractivity (Wildman–Crippen MR) is 109 cm³/mol. The highest BCUT2D eigenvalue weighted by atomic mass is 19.4. The van der Waals surface area contributed by atoms with Crippen molar-refractivity contribution in [2.75, 3.05) is 18.6 Å². The SMILES string of the molecule is CCOc1ncc(-c2ccc3c(n2)[C@H](C)N(c2cnn(CC(F)(F)F)c2)C3=O)cc1OC. The average molecular weight is 447 g/mol. The Hall–Kier alpha value is -3.63. The number of fused-ring (bicyclic) bond motifs is 1. The van der Waals surface area contributed by atoms with Gasteiger partial charge in [0.15, 0.2) is 5.75 Å². The molecule has 1 aliphatic rings. The summed E-state index contributed by atoms with van der Waals surface area (Å²) in [5.41, 5.74) is 2.42. The van der Waals surface area contributed by atoms with Gasteiger partial charge in [-0.3, -0.25) is 14.4 Å². The number of pyridine rings is 2. The third kappa shape index (κ3) is 3.97. The van der Waals surface area contributed by atoms with E-state index in [9.17, 15) is 18.0 Å². The number of carbonyl (C=O) groups excluding carboxylic acids is 1. The molecule has 0 spiro atoms. The van der Waals surface area contributed by atoms with Crippen molar-refractivity contribution in [3.8, 4) is 22.9 Å². The third-order valence-corrected chi connectivity index (χ3v) is 5.01. The summed E-state index contributed by atoms with van der Waals surface area (Å²) in [7, 11) is 1.51. The van der Waals surface area contributed by atoms with Crippen LogP contribution >= 0.6 is 0 Å². The quantitative estimate of drug-likeness (QED) is 0.568. The average Bonchev–Trinajstić information content (AvgIpc) is 3.29. The molecule has 0 fully saturated rings. The van der Waals surface area contributed by atoms with Gasteiger partial charge >= 0.3 is 6.18 Å². The van der Waals surface area contributed by atoms with Crippen LogP contribution in [0.2, 0.25) is 0 Å². The van der Waals surface area contributed by atoms with Crippen LogP contribution in [-0.4, -0.2) is 45.5 Å². The molecule has 32 heavy (non-hydrogen) atoms. The summed E-state index contributed by atoms with van der Waals surface area (Å²) in [6, 6.07) is 4.60. The van der Waals surface area contributed by atoms with Crippen molar-refractivity contribution in [3.05, 3.63) is 48.0 Å². The molecular weight excluding hydrogens is 427 g/mol. The van der Waals surface area contributed by atoms with Gasteiger partial charge in [0.2, 0.25) is 0 Å². The Morgan fingerprint density at radius 2 is 2.00 bits per heavy atom. The van der Waals surface area contributed by atoms with Crippen molar-refractivity contribution in [1.82, 2.24) is 19.7 Å². The number of aromatic nitrogens is 4. The summed E-state index contributed by atoms with van der Waals surface area (Å²) >= 11 is 0. The molecule has 3 aromatic rings. The molecule has 0 saturated heterocycles. The van der Waals surface area contributed by atoms with E-state index in [-0.39, 0.29) is 11.6 Å². The molecular formula is C21H20F3N5O3. The van der Waals surface area contributed by atoms with Crippen molar-refractivity contribution < 1.29 is 27.4 Å². The van der Waals surface area contributed by atoms with E-state index in [1.165, 1.54) is 24.4 Å². The smallest absolute Gasteiger partial charge is 0.408 e. The molecule has 0 radical (unpaired) electrons. The zero-order valence-electron chi connectivity index (χ0n) is 17.6. The van der Waals surface area contributed by atoms with Gasteiger partial charge < -0.3 is 9.47 Å². The van der Waals surface area contributed by atoms with E-state index in [4.69, 9.17) is 9.47 Å². The molecule has 1 amide bonds. The second kappa shape index (κ2) is 8.13. The molecule has 0 bridgehead atoms. The number of alkyl halides is 3. The Balaban J connectivity index is 1.64. The lowest BCUT2D eigenvalue weighted by Gasteiger charge is -2.19. The van der Waals surface area contributed by atoms with E-state index in [2.05, 4.69) is 15.1 Å². The lowest BCUT2D eigenvalue weighted by atomic mass is 10.1. The number of carbonyl (C=O) groups is 1. The summed E-state index contributed by atoms with van der Waals surface area (Å²) in [6.07, 6.45) is -0.358. The van der Waals surface area contributed by atoms with E-state index in [1.807, 2.05) is 6.92 Å². The molecule has 4 rings (SSSR count). The van der Waals surface area contributed by atoms with E-state index < -0.39 is 18.8 Å². The first-order valence-electron chi connectivity index (χ1n) is 9.82. The zero-order valence-corrected chi connectivity index (χ0v) is 17.6. The standard InChI is InChI=1S/C21H20F3N5O3/c1-4-32-19-17(31-3)7-13(8-25-19)16-6-5-15-18(27-16)12(2)29(20(15)30)14-9-26-28(10-14)11-21(22,23)24/h5-10,12H,4,11H2,1-3H3/t12-/m0/s1. The predicted octanol–water partition coefficient (Wildman–Crippen LogP) is 4.03. The van der Waals surface area contributed by atoms with Crippen LogP contribution in [0.15, 0.2) is 36.8 Å². The first-order chi connectivity index (χ1) is 15.2. The summed E-state index contributed by atoms with van der Waals surface area (Å²) in [5, 5.41) is 3.73. The summed E-state index contributed by atoms with van der Waals surface area (Å²) < 4.78 is 49.5. The van der Waals surface area contributed by atoms with Crippen molar-refractivity contribution in [3.63, 3.8) is 0 Å². The van der Waals surface area contributed by atoms with E-state index >= 15 is 0 Å². The van der Waals surface area contributed by atoms with E-state index in [0.717, 1.165) is 4.68 Å². The molecule has 4 heterocycles. The molecule has 0 unspecified atom stereocenters. The third-order valence-electron chi connectivity index (χ3n) is 5.01. The van der Waals surface area contributed by atoms with Gasteiger partial charge in [0.1, 0.15) is 6.54 Å². The highest BCUT2D eigenvalue weighted by Gasteiger charge is 2.38. The molecule has 3 aromatic heterocycles. The number of halogens is 3. The number of rotatable bonds is 6. The van der Waals surface area contributed by atoms with Crippen molar-refractivity contribution in [2.24, 2.45) is 0 Å². The fraction of sp³-hybridized carbons (Fsp3) is 0.333. The van der Waals surface area contributed by atoms with Gasteiger partial charge in [-0.2, -0.15) is 18.3 Å². The van der Waals surface area contributed by atoms with Crippen LogP contribution in [0.25, 0.3) is 11.3 Å². The molecule has 1 aliphatic heterocycles. The fourth-order valence-corrected chi connectivity index (χ4v) is 3.61. The highest BCUT2D eigenvalue weighted by Crippen LogP contribution is 2.38. The molecule has 11 heteroatoms. The first-order valence-corrected chi connectivity index (χ1v) is 9.82. The van der Waals surface area contributed by atoms with Crippen LogP contribution in [-0.2, 0) is 6.54 Å².